The number of rotatable bonds is 7. The standard InChI is InChI=1S/C10H20NO2.C2H6O4S.H2O/c1-6-11(4,5)7-8-13-10(12)9(2)3;1-2-6-7(3,4)5;/h2,6-8H2,1,3-5H3;2H2,1H3,(H,3,4,5);1H2/q+1;;/p-1. The van der Waals surface area contributed by atoms with Gasteiger partial charge in [-0.1, -0.05) is 6.58 Å². The lowest BCUT2D eigenvalue weighted by molar-refractivity contribution is -0.888. The van der Waals surface area contributed by atoms with Gasteiger partial charge in [-0.05, 0) is 20.8 Å². The number of likely N-dealkylation sites (N-methyl/N-ethyl adjacent to an activating group) is 1. The SMILES string of the molecule is C=C(C)C(=O)OCC[N+](C)(C)CC.CCOS(=O)(=O)[O-].O. The first kappa shape index (κ1) is 25.0. The highest BCUT2D eigenvalue weighted by molar-refractivity contribution is 7.80. The second-order valence-electron chi connectivity index (χ2n) is 4.71. The molecule has 0 saturated carbocycles. The fraction of sp³-hybridized carbons (Fsp3) is 0.750. The maximum atomic E-state index is 11.0. The molecule has 2 N–H and O–H groups in total. The van der Waals surface area contributed by atoms with Gasteiger partial charge in [0.05, 0.1) is 27.2 Å². The second kappa shape index (κ2) is 11.6. The molecule has 0 aromatic heterocycles. The monoisotopic (exact) mass is 329 g/mol. The fourth-order valence-corrected chi connectivity index (χ4v) is 1.10. The van der Waals surface area contributed by atoms with Crippen molar-refractivity contribution >= 4 is 16.4 Å². The van der Waals surface area contributed by atoms with E-state index in [1.54, 1.807) is 6.92 Å². The van der Waals surface area contributed by atoms with Crippen molar-refractivity contribution in [3.8, 4) is 0 Å². The molecule has 0 rings (SSSR count). The Morgan fingerprint density at radius 1 is 1.29 bits per heavy atom. The third kappa shape index (κ3) is 19.0. The molecule has 8 nitrogen and oxygen atoms in total. The zero-order chi connectivity index (χ0) is 16.4. The second-order valence-corrected chi connectivity index (χ2v) is 5.76. The molecule has 0 aromatic rings. The van der Waals surface area contributed by atoms with Crippen molar-refractivity contribution in [2.45, 2.75) is 20.8 Å². The van der Waals surface area contributed by atoms with Crippen LogP contribution in [-0.4, -0.2) is 69.3 Å². The van der Waals surface area contributed by atoms with Crippen LogP contribution in [0.3, 0.4) is 0 Å². The van der Waals surface area contributed by atoms with E-state index in [9.17, 15) is 17.8 Å². The Balaban J connectivity index is -0.000000347. The van der Waals surface area contributed by atoms with Crippen molar-refractivity contribution in [3.63, 3.8) is 0 Å². The van der Waals surface area contributed by atoms with Crippen LogP contribution in [0.1, 0.15) is 20.8 Å². The topological polar surface area (TPSA) is 124 Å². The summed E-state index contributed by atoms with van der Waals surface area (Å²) in [6.45, 7) is 11.0. The van der Waals surface area contributed by atoms with Crippen LogP contribution >= 0.6 is 0 Å². The first-order valence-electron chi connectivity index (χ1n) is 6.20. The Bertz CT molecular complexity index is 404. The number of carbonyl (C=O) groups is 1. The molecule has 0 aliphatic carbocycles. The van der Waals surface area contributed by atoms with E-state index >= 15 is 0 Å². The molecule has 0 unspecified atom stereocenters. The highest BCUT2D eigenvalue weighted by atomic mass is 32.3. The van der Waals surface area contributed by atoms with Crippen molar-refractivity contribution < 1.29 is 36.6 Å². The minimum atomic E-state index is -4.42. The molecule has 0 fully saturated rings. The number of hydrogen-bond donors (Lipinski definition) is 0. The lowest BCUT2D eigenvalue weighted by Gasteiger charge is -2.27. The number of carbonyl (C=O) groups excluding carboxylic acids is 1. The number of ether oxygens (including phenoxy) is 1. The average molecular weight is 329 g/mol. The Morgan fingerprint density at radius 2 is 1.76 bits per heavy atom. The number of quaternary nitrogens is 1. The van der Waals surface area contributed by atoms with Gasteiger partial charge in [0, 0.05) is 5.57 Å². The lowest BCUT2D eigenvalue weighted by atomic mass is 10.4. The number of esters is 1. The predicted molar refractivity (Wildman–Crippen MR) is 78.2 cm³/mol. The van der Waals surface area contributed by atoms with Gasteiger partial charge in [-0.3, -0.25) is 4.18 Å². The van der Waals surface area contributed by atoms with E-state index in [2.05, 4.69) is 31.8 Å². The maximum Gasteiger partial charge on any atom is 0.333 e. The summed E-state index contributed by atoms with van der Waals surface area (Å²) in [6.07, 6.45) is 0. The summed E-state index contributed by atoms with van der Waals surface area (Å²) in [5.74, 6) is -0.295. The summed E-state index contributed by atoms with van der Waals surface area (Å²) in [6, 6.07) is 0. The van der Waals surface area contributed by atoms with Crippen molar-refractivity contribution in [3.05, 3.63) is 12.2 Å². The summed E-state index contributed by atoms with van der Waals surface area (Å²) < 4.78 is 37.9. The maximum absolute atomic E-state index is 11.0. The molecule has 0 saturated heterocycles. The highest BCUT2D eigenvalue weighted by Gasteiger charge is 2.12. The smallest absolute Gasteiger partial charge is 0.333 e. The summed E-state index contributed by atoms with van der Waals surface area (Å²) in [7, 11) is -0.213. The Morgan fingerprint density at radius 3 is 2.00 bits per heavy atom. The molecular weight excluding hydrogens is 302 g/mol. The molecule has 0 heterocycles. The lowest BCUT2D eigenvalue weighted by Crippen LogP contribution is -2.42. The minimum absolute atomic E-state index is 0. The highest BCUT2D eigenvalue weighted by Crippen LogP contribution is 1.97. The van der Waals surface area contributed by atoms with E-state index < -0.39 is 10.4 Å². The van der Waals surface area contributed by atoms with Gasteiger partial charge in [-0.2, -0.15) is 0 Å². The first-order chi connectivity index (χ1) is 8.95. The quantitative estimate of drug-likeness (QED) is 0.210. The molecule has 21 heavy (non-hydrogen) atoms. The van der Waals surface area contributed by atoms with Gasteiger partial charge < -0.3 is 19.2 Å². The predicted octanol–water partition coefficient (Wildman–Crippen LogP) is -0.140. The summed E-state index contributed by atoms with van der Waals surface area (Å²) in [4.78, 5) is 11.0. The molecule has 0 aromatic carbocycles. The van der Waals surface area contributed by atoms with Crippen LogP contribution in [-0.2, 0) is 24.1 Å². The van der Waals surface area contributed by atoms with Crippen LogP contribution in [0.5, 0.6) is 0 Å². The van der Waals surface area contributed by atoms with E-state index in [0.717, 1.165) is 17.6 Å². The molecule has 0 aliphatic heterocycles. The van der Waals surface area contributed by atoms with Gasteiger partial charge in [0.2, 0.25) is 10.4 Å². The van der Waals surface area contributed by atoms with E-state index in [4.69, 9.17) is 4.74 Å². The van der Waals surface area contributed by atoms with E-state index in [1.807, 2.05) is 0 Å². The van der Waals surface area contributed by atoms with Gasteiger partial charge in [-0.15, -0.1) is 0 Å². The van der Waals surface area contributed by atoms with Crippen LogP contribution in [0.15, 0.2) is 12.2 Å². The molecule has 128 valence electrons. The van der Waals surface area contributed by atoms with Crippen molar-refractivity contribution in [2.75, 3.05) is 40.4 Å². The molecule has 9 heteroatoms. The van der Waals surface area contributed by atoms with E-state index in [-0.39, 0.29) is 18.1 Å². The van der Waals surface area contributed by atoms with Gasteiger partial charge >= 0.3 is 5.97 Å². The van der Waals surface area contributed by atoms with Crippen LogP contribution in [0, 0.1) is 0 Å². The van der Waals surface area contributed by atoms with Crippen molar-refractivity contribution in [1.82, 2.24) is 0 Å². The molecule has 0 bridgehead atoms. The van der Waals surface area contributed by atoms with Gasteiger partial charge in [0.15, 0.2) is 0 Å². The molecule has 0 atom stereocenters. The van der Waals surface area contributed by atoms with Crippen LogP contribution in [0.2, 0.25) is 0 Å². The first-order valence-corrected chi connectivity index (χ1v) is 7.53. The summed E-state index contributed by atoms with van der Waals surface area (Å²) in [5, 5.41) is 0. The van der Waals surface area contributed by atoms with Gasteiger partial charge in [0.1, 0.15) is 13.2 Å². The number of nitrogens with zero attached hydrogens (tertiary/aromatic N) is 1. The summed E-state index contributed by atoms with van der Waals surface area (Å²) in [5.41, 5.74) is 0.460. The average Bonchev–Trinajstić information content (AvgIpc) is 2.27. The zero-order valence-electron chi connectivity index (χ0n) is 13.3. The van der Waals surface area contributed by atoms with Crippen LogP contribution in [0.25, 0.3) is 0 Å². The number of hydrogen-bond acceptors (Lipinski definition) is 6. The third-order valence-corrected chi connectivity index (χ3v) is 2.92. The van der Waals surface area contributed by atoms with Gasteiger partial charge in [-0.25, -0.2) is 13.2 Å². The minimum Gasteiger partial charge on any atom is -0.726 e. The molecule has 0 spiro atoms. The Labute approximate surface area is 127 Å². The van der Waals surface area contributed by atoms with Crippen molar-refractivity contribution in [2.24, 2.45) is 0 Å². The van der Waals surface area contributed by atoms with Gasteiger partial charge in [0.25, 0.3) is 0 Å². The van der Waals surface area contributed by atoms with E-state index in [0.29, 0.717) is 12.2 Å². The molecule has 0 amide bonds. The molecule has 0 radical (unpaired) electrons. The third-order valence-electron chi connectivity index (χ3n) is 2.40. The van der Waals surface area contributed by atoms with Crippen molar-refractivity contribution in [1.29, 1.82) is 0 Å². The zero-order valence-corrected chi connectivity index (χ0v) is 14.2. The molecule has 0 aliphatic rings. The normalized spacial score (nSPS) is 10.8. The van der Waals surface area contributed by atoms with Crippen LogP contribution < -0.4 is 0 Å². The molecular formula is C12H27NO7S. The van der Waals surface area contributed by atoms with E-state index in [1.165, 1.54) is 6.92 Å². The van der Waals surface area contributed by atoms with Crippen LogP contribution in [0.4, 0.5) is 0 Å². The Kier molecular flexibility index (Phi) is 13.8. The summed E-state index contributed by atoms with van der Waals surface area (Å²) >= 11 is 0. The largest absolute Gasteiger partial charge is 0.726 e. The Hall–Kier alpha value is -1.00. The fourth-order valence-electron chi connectivity index (χ4n) is 0.811.